The first-order valence-electron chi connectivity index (χ1n) is 9.38. The zero-order valence-electron chi connectivity index (χ0n) is 15.3. The second kappa shape index (κ2) is 7.08. The minimum Gasteiger partial charge on any atom is -0.337 e. The van der Waals surface area contributed by atoms with Crippen LogP contribution in [0.5, 0.6) is 0 Å². The summed E-state index contributed by atoms with van der Waals surface area (Å²) in [6.45, 7) is 5.42. The number of hydrogen-bond donors (Lipinski definition) is 0. The van der Waals surface area contributed by atoms with Gasteiger partial charge in [-0.1, -0.05) is 12.1 Å². The molecule has 4 nitrogen and oxygen atoms in total. The van der Waals surface area contributed by atoms with Gasteiger partial charge in [-0.3, -0.25) is 9.80 Å². The summed E-state index contributed by atoms with van der Waals surface area (Å²) in [5.74, 6) is -0.358. The molecule has 0 saturated carbocycles. The molecule has 2 aliphatic heterocycles. The number of aryl methyl sites for hydroxylation is 1. The van der Waals surface area contributed by atoms with Crippen LogP contribution in [0.2, 0.25) is 0 Å². The van der Waals surface area contributed by atoms with Gasteiger partial charge in [-0.2, -0.15) is 0 Å². The van der Waals surface area contributed by atoms with Crippen LogP contribution in [-0.4, -0.2) is 45.5 Å². The minimum absolute atomic E-state index is 0.271. The molecule has 0 N–H and O–H groups in total. The first-order chi connectivity index (χ1) is 12.5. The maximum absolute atomic E-state index is 14.0. The van der Waals surface area contributed by atoms with E-state index in [1.807, 2.05) is 19.4 Å². The third kappa shape index (κ3) is 3.53. The molecule has 26 heavy (non-hydrogen) atoms. The van der Waals surface area contributed by atoms with Crippen molar-refractivity contribution in [2.75, 3.05) is 26.2 Å². The van der Waals surface area contributed by atoms with Crippen molar-refractivity contribution in [1.82, 2.24) is 19.4 Å². The van der Waals surface area contributed by atoms with E-state index in [2.05, 4.69) is 19.4 Å². The Morgan fingerprint density at radius 2 is 1.88 bits per heavy atom. The Hall–Kier alpha value is -1.79. The molecule has 1 aromatic heterocycles. The lowest BCUT2D eigenvalue weighted by Gasteiger charge is -2.40. The van der Waals surface area contributed by atoms with E-state index in [1.165, 1.54) is 18.9 Å². The summed E-state index contributed by atoms with van der Waals surface area (Å²) in [5.41, 5.74) is 0.734. The van der Waals surface area contributed by atoms with Crippen molar-refractivity contribution in [3.05, 3.63) is 53.6 Å². The molecule has 6 heteroatoms. The van der Waals surface area contributed by atoms with Gasteiger partial charge in [0.1, 0.15) is 5.82 Å². The third-order valence-corrected chi connectivity index (χ3v) is 5.97. The molecule has 1 aromatic carbocycles. The molecule has 3 heterocycles. The predicted octanol–water partition coefficient (Wildman–Crippen LogP) is 3.19. The number of imidazole rings is 1. The van der Waals surface area contributed by atoms with Gasteiger partial charge in [-0.05, 0) is 43.8 Å². The monoisotopic (exact) mass is 360 g/mol. The number of likely N-dealkylation sites (tertiary alicyclic amines) is 2. The van der Waals surface area contributed by atoms with Crippen LogP contribution >= 0.6 is 0 Å². The Morgan fingerprint density at radius 3 is 2.65 bits per heavy atom. The quantitative estimate of drug-likeness (QED) is 0.837. The van der Waals surface area contributed by atoms with Gasteiger partial charge in [0.15, 0.2) is 11.6 Å². The maximum atomic E-state index is 14.0. The van der Waals surface area contributed by atoms with Crippen LogP contribution in [0.4, 0.5) is 8.78 Å². The van der Waals surface area contributed by atoms with Crippen molar-refractivity contribution in [2.24, 2.45) is 12.5 Å². The van der Waals surface area contributed by atoms with Gasteiger partial charge >= 0.3 is 0 Å². The molecular weight excluding hydrogens is 334 g/mol. The lowest BCUT2D eigenvalue weighted by atomic mass is 9.79. The minimum atomic E-state index is -0.753. The van der Waals surface area contributed by atoms with Gasteiger partial charge in [-0.15, -0.1) is 0 Å². The fourth-order valence-corrected chi connectivity index (χ4v) is 4.60. The van der Waals surface area contributed by atoms with E-state index in [1.54, 1.807) is 12.1 Å². The van der Waals surface area contributed by atoms with Gasteiger partial charge < -0.3 is 4.57 Å². The molecule has 2 saturated heterocycles. The number of halogens is 2. The first kappa shape index (κ1) is 17.6. The average Bonchev–Trinajstić information content (AvgIpc) is 3.19. The zero-order chi connectivity index (χ0) is 18.1. The van der Waals surface area contributed by atoms with Crippen LogP contribution < -0.4 is 0 Å². The fourth-order valence-electron chi connectivity index (χ4n) is 4.60. The first-order valence-corrected chi connectivity index (χ1v) is 9.38. The highest BCUT2D eigenvalue weighted by Gasteiger charge is 2.41. The molecule has 140 valence electrons. The Morgan fingerprint density at radius 1 is 1.08 bits per heavy atom. The highest BCUT2D eigenvalue weighted by atomic mass is 19.2. The van der Waals surface area contributed by atoms with Crippen LogP contribution in [0.1, 0.15) is 30.7 Å². The van der Waals surface area contributed by atoms with E-state index in [0.717, 1.165) is 45.0 Å². The SMILES string of the molecule is Cn1ccnc1CN1CCC2(CCCN(Cc3cccc(F)c3F)C2)C1. The van der Waals surface area contributed by atoms with E-state index in [-0.39, 0.29) is 5.41 Å². The fraction of sp³-hybridized carbons (Fsp3) is 0.550. The Kier molecular flexibility index (Phi) is 4.80. The third-order valence-electron chi connectivity index (χ3n) is 5.97. The molecule has 4 rings (SSSR count). The van der Waals surface area contributed by atoms with Crippen LogP contribution in [-0.2, 0) is 20.1 Å². The smallest absolute Gasteiger partial charge is 0.163 e. The molecule has 2 aliphatic rings. The van der Waals surface area contributed by atoms with Gasteiger partial charge in [-0.25, -0.2) is 13.8 Å². The zero-order valence-corrected chi connectivity index (χ0v) is 15.3. The molecular formula is C20H26F2N4. The largest absolute Gasteiger partial charge is 0.337 e. The summed E-state index contributed by atoms with van der Waals surface area (Å²) in [6, 6.07) is 4.47. The van der Waals surface area contributed by atoms with Crippen molar-refractivity contribution in [3.8, 4) is 0 Å². The normalized spacial score (nSPS) is 24.6. The number of aromatic nitrogens is 2. The Balaban J connectivity index is 1.40. The Labute approximate surface area is 153 Å². The van der Waals surface area contributed by atoms with Crippen LogP contribution in [0.25, 0.3) is 0 Å². The summed E-state index contributed by atoms with van der Waals surface area (Å²) in [6.07, 6.45) is 7.33. The van der Waals surface area contributed by atoms with Crippen molar-refractivity contribution < 1.29 is 8.78 Å². The van der Waals surface area contributed by atoms with E-state index >= 15 is 0 Å². The highest BCUT2D eigenvalue weighted by Crippen LogP contribution is 2.39. The molecule has 2 aromatic rings. The van der Waals surface area contributed by atoms with E-state index in [0.29, 0.717) is 12.1 Å². The highest BCUT2D eigenvalue weighted by molar-refractivity contribution is 5.19. The second-order valence-electron chi connectivity index (χ2n) is 7.94. The molecule has 1 spiro atoms. The number of piperidine rings is 1. The van der Waals surface area contributed by atoms with Crippen LogP contribution in [0.3, 0.4) is 0 Å². The van der Waals surface area contributed by atoms with Crippen LogP contribution in [0, 0.1) is 17.0 Å². The second-order valence-corrected chi connectivity index (χ2v) is 7.94. The molecule has 0 aliphatic carbocycles. The van der Waals surface area contributed by atoms with Crippen molar-refractivity contribution in [3.63, 3.8) is 0 Å². The molecule has 2 fully saturated rings. The molecule has 1 atom stereocenters. The molecule has 0 radical (unpaired) electrons. The maximum Gasteiger partial charge on any atom is 0.163 e. The number of nitrogens with zero attached hydrogens (tertiary/aromatic N) is 4. The lowest BCUT2D eigenvalue weighted by molar-refractivity contribution is 0.0852. The predicted molar refractivity (Wildman–Crippen MR) is 96.4 cm³/mol. The van der Waals surface area contributed by atoms with Crippen LogP contribution in [0.15, 0.2) is 30.6 Å². The molecule has 1 unspecified atom stereocenters. The molecule has 0 amide bonds. The van der Waals surface area contributed by atoms with Crippen molar-refractivity contribution >= 4 is 0 Å². The van der Waals surface area contributed by atoms with E-state index < -0.39 is 11.6 Å². The summed E-state index contributed by atoms with van der Waals surface area (Å²) in [7, 11) is 2.03. The number of benzene rings is 1. The summed E-state index contributed by atoms with van der Waals surface area (Å²) >= 11 is 0. The van der Waals surface area contributed by atoms with Crippen molar-refractivity contribution in [1.29, 1.82) is 0 Å². The number of rotatable bonds is 4. The van der Waals surface area contributed by atoms with Gasteiger partial charge in [0, 0.05) is 44.6 Å². The van der Waals surface area contributed by atoms with Crippen molar-refractivity contribution in [2.45, 2.75) is 32.4 Å². The van der Waals surface area contributed by atoms with Gasteiger partial charge in [0.2, 0.25) is 0 Å². The van der Waals surface area contributed by atoms with Gasteiger partial charge in [0.25, 0.3) is 0 Å². The molecule has 0 bridgehead atoms. The summed E-state index contributed by atoms with van der Waals surface area (Å²) in [5, 5.41) is 0. The lowest BCUT2D eigenvalue weighted by Crippen LogP contribution is -2.44. The van der Waals surface area contributed by atoms with E-state index in [4.69, 9.17) is 0 Å². The van der Waals surface area contributed by atoms with Gasteiger partial charge in [0.05, 0.1) is 6.54 Å². The Bertz CT molecular complexity index is 775. The summed E-state index contributed by atoms with van der Waals surface area (Å²) < 4.78 is 29.6. The summed E-state index contributed by atoms with van der Waals surface area (Å²) in [4.78, 5) is 9.21. The number of hydrogen-bond acceptors (Lipinski definition) is 3. The van der Waals surface area contributed by atoms with E-state index in [9.17, 15) is 8.78 Å². The standard InChI is InChI=1S/C20H26F2N4/c1-24-11-8-23-18(24)13-26-10-7-20(15-26)6-3-9-25(14-20)12-16-4-2-5-17(21)19(16)22/h2,4-5,8,11H,3,6-7,9-10,12-15H2,1H3. The topological polar surface area (TPSA) is 24.3 Å². The average molecular weight is 360 g/mol.